The number of aromatic nitrogens is 3. The van der Waals surface area contributed by atoms with Crippen molar-refractivity contribution >= 4 is 11.6 Å². The summed E-state index contributed by atoms with van der Waals surface area (Å²) < 4.78 is 15.5. The van der Waals surface area contributed by atoms with Crippen molar-refractivity contribution in [1.29, 1.82) is 0 Å². The van der Waals surface area contributed by atoms with Gasteiger partial charge in [0.15, 0.2) is 11.6 Å². The summed E-state index contributed by atoms with van der Waals surface area (Å²) in [4.78, 5) is 4.29. The fraction of sp³-hybridized carbons (Fsp3) is 0.350. The molecule has 1 aliphatic carbocycles. The molecule has 0 unspecified atom stereocenters. The third-order valence-corrected chi connectivity index (χ3v) is 5.13. The zero-order valence-electron chi connectivity index (χ0n) is 15.3. The normalized spacial score (nSPS) is 15.7. The highest BCUT2D eigenvalue weighted by molar-refractivity contribution is 5.79. The first-order chi connectivity index (χ1) is 13.2. The van der Waals surface area contributed by atoms with E-state index in [1.165, 1.54) is 6.07 Å². The highest BCUT2D eigenvalue weighted by atomic mass is 19.1. The zero-order chi connectivity index (χ0) is 18.7. The molecule has 0 radical (unpaired) electrons. The number of halogens is 1. The van der Waals surface area contributed by atoms with Gasteiger partial charge in [0.1, 0.15) is 11.6 Å². The van der Waals surface area contributed by atoms with Crippen molar-refractivity contribution in [2.45, 2.75) is 24.7 Å². The standard InChI is InChI=1S/C20H23FN6/c1-22-19(23-11-8-18-26-25-17-7-2-3-12-27(17)18)24-14-20(9-10-20)15-5-4-6-16(21)13-15/h2-7,12-13H,8-11,14H2,1H3,(H2,22,23,24). The van der Waals surface area contributed by atoms with Gasteiger partial charge in [0.25, 0.3) is 0 Å². The summed E-state index contributed by atoms with van der Waals surface area (Å²) in [5.74, 6) is 1.47. The van der Waals surface area contributed by atoms with E-state index < -0.39 is 0 Å². The van der Waals surface area contributed by atoms with Gasteiger partial charge in [-0.2, -0.15) is 0 Å². The molecule has 140 valence electrons. The minimum absolute atomic E-state index is 0.0168. The molecule has 0 bridgehead atoms. The maximum absolute atomic E-state index is 13.5. The Balaban J connectivity index is 1.31. The van der Waals surface area contributed by atoms with Gasteiger partial charge >= 0.3 is 0 Å². The van der Waals surface area contributed by atoms with Crippen molar-refractivity contribution in [2.24, 2.45) is 4.99 Å². The quantitative estimate of drug-likeness (QED) is 0.519. The molecule has 2 aromatic heterocycles. The molecule has 0 atom stereocenters. The number of nitrogens with one attached hydrogen (secondary N) is 2. The van der Waals surface area contributed by atoms with E-state index in [1.54, 1.807) is 19.2 Å². The molecule has 1 aromatic carbocycles. The first kappa shape index (κ1) is 17.5. The number of hydrogen-bond donors (Lipinski definition) is 2. The molecule has 1 aliphatic rings. The van der Waals surface area contributed by atoms with Gasteiger partial charge in [0, 0.05) is 38.2 Å². The van der Waals surface area contributed by atoms with Crippen LogP contribution >= 0.6 is 0 Å². The topological polar surface area (TPSA) is 66.6 Å². The fourth-order valence-corrected chi connectivity index (χ4v) is 3.36. The lowest BCUT2D eigenvalue weighted by molar-refractivity contribution is 0.607. The summed E-state index contributed by atoms with van der Waals surface area (Å²) in [5.41, 5.74) is 1.92. The predicted octanol–water partition coefficient (Wildman–Crippen LogP) is 2.31. The third-order valence-electron chi connectivity index (χ3n) is 5.13. The average Bonchev–Trinajstić information content (AvgIpc) is 3.38. The van der Waals surface area contributed by atoms with Crippen LogP contribution in [0.5, 0.6) is 0 Å². The number of guanidine groups is 1. The molecule has 7 heteroatoms. The zero-order valence-corrected chi connectivity index (χ0v) is 15.3. The molecule has 2 N–H and O–H groups in total. The number of hydrogen-bond acceptors (Lipinski definition) is 3. The maximum atomic E-state index is 13.5. The van der Waals surface area contributed by atoms with Gasteiger partial charge in [0.05, 0.1) is 0 Å². The molecule has 0 spiro atoms. The van der Waals surface area contributed by atoms with Crippen LogP contribution in [-0.2, 0) is 11.8 Å². The molecule has 0 aliphatic heterocycles. The van der Waals surface area contributed by atoms with Crippen LogP contribution in [-0.4, -0.2) is 40.7 Å². The van der Waals surface area contributed by atoms with Gasteiger partial charge < -0.3 is 10.6 Å². The Hall–Kier alpha value is -2.96. The van der Waals surface area contributed by atoms with Crippen LogP contribution in [0.4, 0.5) is 4.39 Å². The van der Waals surface area contributed by atoms with E-state index in [9.17, 15) is 4.39 Å². The second-order valence-electron chi connectivity index (χ2n) is 6.94. The summed E-state index contributed by atoms with van der Waals surface area (Å²) >= 11 is 0. The number of benzene rings is 1. The number of aliphatic imine (C=N–C) groups is 1. The van der Waals surface area contributed by atoms with Gasteiger partial charge in [-0.3, -0.25) is 9.39 Å². The molecular formula is C20H23FN6. The number of pyridine rings is 1. The highest BCUT2D eigenvalue weighted by Crippen LogP contribution is 2.47. The Bertz CT molecular complexity index is 960. The summed E-state index contributed by atoms with van der Waals surface area (Å²) in [7, 11) is 1.75. The van der Waals surface area contributed by atoms with E-state index in [1.807, 2.05) is 34.9 Å². The second-order valence-corrected chi connectivity index (χ2v) is 6.94. The molecule has 1 fully saturated rings. The van der Waals surface area contributed by atoms with Crippen LogP contribution in [0, 0.1) is 5.82 Å². The Kier molecular flexibility index (Phi) is 4.75. The van der Waals surface area contributed by atoms with Gasteiger partial charge in [-0.1, -0.05) is 18.2 Å². The molecule has 2 heterocycles. The predicted molar refractivity (Wildman–Crippen MR) is 103 cm³/mol. The van der Waals surface area contributed by atoms with E-state index in [2.05, 4.69) is 25.8 Å². The van der Waals surface area contributed by atoms with Gasteiger partial charge in [-0.15, -0.1) is 10.2 Å². The summed E-state index contributed by atoms with van der Waals surface area (Å²) in [5, 5.41) is 15.1. The van der Waals surface area contributed by atoms with Crippen LogP contribution in [0.15, 0.2) is 53.7 Å². The maximum Gasteiger partial charge on any atom is 0.191 e. The van der Waals surface area contributed by atoms with Crippen molar-refractivity contribution in [3.8, 4) is 0 Å². The van der Waals surface area contributed by atoms with Crippen molar-refractivity contribution in [3.63, 3.8) is 0 Å². The second kappa shape index (κ2) is 7.34. The van der Waals surface area contributed by atoms with Gasteiger partial charge in [-0.05, 0) is 42.7 Å². The van der Waals surface area contributed by atoms with E-state index in [4.69, 9.17) is 0 Å². The number of fused-ring (bicyclic) bond motifs is 1. The lowest BCUT2D eigenvalue weighted by Crippen LogP contribution is -2.42. The van der Waals surface area contributed by atoms with E-state index in [0.717, 1.165) is 48.8 Å². The fourth-order valence-electron chi connectivity index (χ4n) is 3.36. The monoisotopic (exact) mass is 366 g/mol. The molecule has 6 nitrogen and oxygen atoms in total. The molecular weight excluding hydrogens is 343 g/mol. The van der Waals surface area contributed by atoms with Crippen LogP contribution in [0.1, 0.15) is 24.2 Å². The van der Waals surface area contributed by atoms with Crippen molar-refractivity contribution < 1.29 is 4.39 Å². The van der Waals surface area contributed by atoms with Gasteiger partial charge in [0.2, 0.25) is 0 Å². The first-order valence-electron chi connectivity index (χ1n) is 9.19. The van der Waals surface area contributed by atoms with Crippen LogP contribution in [0.2, 0.25) is 0 Å². The highest BCUT2D eigenvalue weighted by Gasteiger charge is 2.44. The molecule has 4 rings (SSSR count). The van der Waals surface area contributed by atoms with Gasteiger partial charge in [-0.25, -0.2) is 4.39 Å². The molecule has 0 saturated heterocycles. The van der Waals surface area contributed by atoms with E-state index >= 15 is 0 Å². The number of rotatable bonds is 6. The molecule has 3 aromatic rings. The van der Waals surface area contributed by atoms with Crippen molar-refractivity contribution in [2.75, 3.05) is 20.1 Å². The lowest BCUT2D eigenvalue weighted by Gasteiger charge is -2.19. The Morgan fingerprint density at radius 1 is 1.19 bits per heavy atom. The minimum atomic E-state index is -0.179. The minimum Gasteiger partial charge on any atom is -0.356 e. The Labute approximate surface area is 157 Å². The average molecular weight is 366 g/mol. The first-order valence-corrected chi connectivity index (χ1v) is 9.19. The molecule has 1 saturated carbocycles. The molecule has 27 heavy (non-hydrogen) atoms. The third kappa shape index (κ3) is 3.77. The smallest absolute Gasteiger partial charge is 0.191 e. The summed E-state index contributed by atoms with van der Waals surface area (Å²) in [6, 6.07) is 12.8. The van der Waals surface area contributed by atoms with Crippen molar-refractivity contribution in [3.05, 3.63) is 65.9 Å². The summed E-state index contributed by atoms with van der Waals surface area (Å²) in [6.07, 6.45) is 4.83. The van der Waals surface area contributed by atoms with E-state index in [-0.39, 0.29) is 11.2 Å². The number of nitrogens with zero attached hydrogens (tertiary/aromatic N) is 4. The van der Waals surface area contributed by atoms with Crippen LogP contribution in [0.3, 0.4) is 0 Å². The molecule has 0 amide bonds. The SMILES string of the molecule is CN=C(NCCc1nnc2ccccn12)NCC1(c2cccc(F)c2)CC1. The summed E-state index contributed by atoms with van der Waals surface area (Å²) in [6.45, 7) is 1.44. The Morgan fingerprint density at radius 3 is 2.85 bits per heavy atom. The van der Waals surface area contributed by atoms with Crippen LogP contribution in [0.25, 0.3) is 5.65 Å². The van der Waals surface area contributed by atoms with E-state index in [0.29, 0.717) is 6.54 Å². The largest absolute Gasteiger partial charge is 0.356 e. The van der Waals surface area contributed by atoms with Crippen LogP contribution < -0.4 is 10.6 Å². The van der Waals surface area contributed by atoms with Crippen molar-refractivity contribution in [1.82, 2.24) is 25.2 Å². The lowest BCUT2D eigenvalue weighted by atomic mass is 9.96. The Morgan fingerprint density at radius 2 is 2.07 bits per heavy atom.